The molecular formula is C26H23FN6O2S. The number of carbonyl (C=O) groups excluding carboxylic acids is 1. The van der Waals surface area contributed by atoms with Gasteiger partial charge in [-0.3, -0.25) is 19.0 Å². The highest BCUT2D eigenvalue weighted by Crippen LogP contribution is 2.23. The predicted molar refractivity (Wildman–Crippen MR) is 136 cm³/mol. The van der Waals surface area contributed by atoms with Gasteiger partial charge in [0.1, 0.15) is 11.5 Å². The molecule has 1 N–H and O–H groups in total. The van der Waals surface area contributed by atoms with Crippen LogP contribution in [0.1, 0.15) is 22.8 Å². The van der Waals surface area contributed by atoms with E-state index in [2.05, 4.69) is 20.4 Å². The average Bonchev–Trinajstić information content (AvgIpc) is 3.43. The number of halogens is 1. The van der Waals surface area contributed by atoms with E-state index in [1.165, 1.54) is 27.9 Å². The van der Waals surface area contributed by atoms with Gasteiger partial charge in [0.05, 0.1) is 23.4 Å². The van der Waals surface area contributed by atoms with Gasteiger partial charge in [-0.2, -0.15) is 5.10 Å². The standard InChI is InChI=1S/C26H23FN6O2S/c1-16-13-22(31-33(16)20-8-6-18(27)7-9-20)24-17(2)30-26-32(25(24)35)21(15-36-26)14-23(34)29-12-10-19-5-3-4-11-28-19/h3-9,11,13,15H,10,12,14H2,1-2H3,(H,29,34). The molecule has 4 aromatic heterocycles. The number of pyridine rings is 1. The Balaban J connectivity index is 1.42. The molecule has 0 atom stereocenters. The first kappa shape index (κ1) is 23.6. The number of fused-ring (bicyclic) bond motifs is 1. The fourth-order valence-corrected chi connectivity index (χ4v) is 4.99. The maximum absolute atomic E-state index is 13.6. The van der Waals surface area contributed by atoms with E-state index in [9.17, 15) is 14.0 Å². The minimum Gasteiger partial charge on any atom is -0.355 e. The van der Waals surface area contributed by atoms with E-state index in [-0.39, 0.29) is 23.7 Å². The molecule has 5 aromatic rings. The molecule has 0 saturated carbocycles. The molecule has 0 fully saturated rings. The van der Waals surface area contributed by atoms with E-state index in [4.69, 9.17) is 0 Å². The van der Waals surface area contributed by atoms with Crippen LogP contribution in [0, 0.1) is 19.7 Å². The molecule has 0 radical (unpaired) electrons. The topological polar surface area (TPSA) is 94.2 Å². The molecule has 182 valence electrons. The van der Waals surface area contributed by atoms with Crippen molar-refractivity contribution in [3.8, 4) is 16.9 Å². The SMILES string of the molecule is Cc1nc2scc(CC(=O)NCCc3ccccn3)n2c(=O)c1-c1cc(C)n(-c2ccc(F)cc2)n1. The summed E-state index contributed by atoms with van der Waals surface area (Å²) < 4.78 is 16.5. The summed E-state index contributed by atoms with van der Waals surface area (Å²) in [5, 5.41) is 9.29. The fraction of sp³-hybridized carbons (Fsp3) is 0.192. The van der Waals surface area contributed by atoms with Crippen LogP contribution in [0.4, 0.5) is 4.39 Å². The van der Waals surface area contributed by atoms with Gasteiger partial charge >= 0.3 is 0 Å². The van der Waals surface area contributed by atoms with Crippen LogP contribution in [0.15, 0.2) is 64.9 Å². The Morgan fingerprint density at radius 1 is 1.14 bits per heavy atom. The molecule has 1 aromatic carbocycles. The molecule has 0 aliphatic rings. The van der Waals surface area contributed by atoms with Crippen LogP contribution in [0.3, 0.4) is 0 Å². The molecule has 0 spiro atoms. The number of carbonyl (C=O) groups is 1. The molecule has 0 unspecified atom stereocenters. The number of aryl methyl sites for hydroxylation is 2. The Morgan fingerprint density at radius 3 is 2.69 bits per heavy atom. The van der Waals surface area contributed by atoms with Crippen molar-refractivity contribution in [3.05, 3.63) is 99.1 Å². The number of aromatic nitrogens is 5. The lowest BCUT2D eigenvalue weighted by Gasteiger charge is -2.07. The lowest BCUT2D eigenvalue weighted by atomic mass is 10.1. The van der Waals surface area contributed by atoms with E-state index >= 15 is 0 Å². The predicted octanol–water partition coefficient (Wildman–Crippen LogP) is 3.66. The number of thiazole rings is 1. The number of hydrogen-bond acceptors (Lipinski definition) is 6. The molecule has 36 heavy (non-hydrogen) atoms. The third-order valence-electron chi connectivity index (χ3n) is 5.81. The average molecular weight is 503 g/mol. The van der Waals surface area contributed by atoms with E-state index in [1.807, 2.05) is 25.1 Å². The quantitative estimate of drug-likeness (QED) is 0.367. The van der Waals surface area contributed by atoms with E-state index in [0.29, 0.717) is 46.3 Å². The highest BCUT2D eigenvalue weighted by atomic mass is 32.1. The van der Waals surface area contributed by atoms with Crippen LogP contribution in [-0.4, -0.2) is 36.6 Å². The third-order valence-corrected chi connectivity index (χ3v) is 6.68. The van der Waals surface area contributed by atoms with Crippen molar-refractivity contribution < 1.29 is 9.18 Å². The minimum absolute atomic E-state index is 0.0509. The number of amides is 1. The molecule has 10 heteroatoms. The molecule has 8 nitrogen and oxygen atoms in total. The molecule has 5 rings (SSSR count). The van der Waals surface area contributed by atoms with Crippen LogP contribution >= 0.6 is 11.3 Å². The largest absolute Gasteiger partial charge is 0.355 e. The van der Waals surface area contributed by atoms with Crippen LogP contribution in [0.25, 0.3) is 21.9 Å². The number of nitrogens with zero attached hydrogens (tertiary/aromatic N) is 5. The monoisotopic (exact) mass is 502 g/mol. The Labute approximate surface area is 210 Å². The van der Waals surface area contributed by atoms with Gasteiger partial charge in [-0.05, 0) is 56.3 Å². The van der Waals surface area contributed by atoms with Gasteiger partial charge in [-0.1, -0.05) is 6.07 Å². The van der Waals surface area contributed by atoms with Gasteiger partial charge in [0, 0.05) is 41.6 Å². The summed E-state index contributed by atoms with van der Waals surface area (Å²) in [6.07, 6.45) is 2.39. The summed E-state index contributed by atoms with van der Waals surface area (Å²) in [4.78, 5) is 35.6. The number of benzene rings is 1. The molecule has 4 heterocycles. The van der Waals surface area contributed by atoms with Gasteiger partial charge in [0.2, 0.25) is 5.91 Å². The molecule has 0 bridgehead atoms. The van der Waals surface area contributed by atoms with Crippen molar-refractivity contribution in [2.75, 3.05) is 6.54 Å². The molecule has 0 aliphatic heterocycles. The minimum atomic E-state index is -0.335. The smallest absolute Gasteiger partial charge is 0.268 e. The highest BCUT2D eigenvalue weighted by Gasteiger charge is 2.20. The summed E-state index contributed by atoms with van der Waals surface area (Å²) in [5.74, 6) is -0.519. The maximum Gasteiger partial charge on any atom is 0.268 e. The fourth-order valence-electron chi connectivity index (χ4n) is 4.07. The van der Waals surface area contributed by atoms with E-state index in [0.717, 1.165) is 11.4 Å². The Kier molecular flexibility index (Phi) is 6.43. The summed E-state index contributed by atoms with van der Waals surface area (Å²) in [5.41, 5.74) is 4.05. The molecule has 0 saturated heterocycles. The first-order chi connectivity index (χ1) is 17.4. The third kappa shape index (κ3) is 4.67. The van der Waals surface area contributed by atoms with Crippen molar-refractivity contribution >= 4 is 22.2 Å². The maximum atomic E-state index is 13.6. The summed E-state index contributed by atoms with van der Waals surface area (Å²) in [7, 11) is 0. The van der Waals surface area contributed by atoms with Crippen molar-refractivity contribution in [2.24, 2.45) is 0 Å². The first-order valence-corrected chi connectivity index (χ1v) is 12.3. The summed E-state index contributed by atoms with van der Waals surface area (Å²) in [6.45, 7) is 4.09. The van der Waals surface area contributed by atoms with Crippen molar-refractivity contribution in [1.29, 1.82) is 0 Å². The van der Waals surface area contributed by atoms with Gasteiger partial charge < -0.3 is 5.32 Å². The van der Waals surface area contributed by atoms with E-state index in [1.54, 1.807) is 41.4 Å². The Morgan fingerprint density at radius 2 is 1.94 bits per heavy atom. The van der Waals surface area contributed by atoms with E-state index < -0.39 is 0 Å². The van der Waals surface area contributed by atoms with Crippen LogP contribution in [-0.2, 0) is 17.6 Å². The molecule has 0 aliphatic carbocycles. The number of hydrogen-bond donors (Lipinski definition) is 1. The zero-order valence-corrected chi connectivity index (χ0v) is 20.6. The zero-order valence-electron chi connectivity index (χ0n) is 19.7. The van der Waals surface area contributed by atoms with Gasteiger partial charge in [0.15, 0.2) is 4.96 Å². The van der Waals surface area contributed by atoms with Crippen molar-refractivity contribution in [1.82, 2.24) is 29.5 Å². The van der Waals surface area contributed by atoms with Crippen LogP contribution in [0.2, 0.25) is 0 Å². The first-order valence-electron chi connectivity index (χ1n) is 11.4. The van der Waals surface area contributed by atoms with Crippen molar-refractivity contribution in [3.63, 3.8) is 0 Å². The Bertz CT molecular complexity index is 1610. The number of nitrogens with one attached hydrogen (secondary N) is 1. The van der Waals surface area contributed by atoms with Gasteiger partial charge in [0.25, 0.3) is 5.56 Å². The lowest BCUT2D eigenvalue weighted by Crippen LogP contribution is -2.29. The number of rotatable bonds is 7. The van der Waals surface area contributed by atoms with Crippen molar-refractivity contribution in [2.45, 2.75) is 26.7 Å². The second kappa shape index (κ2) is 9.82. The lowest BCUT2D eigenvalue weighted by molar-refractivity contribution is -0.120. The second-order valence-electron chi connectivity index (χ2n) is 8.38. The Hall–Kier alpha value is -4.18. The van der Waals surface area contributed by atoms with Crippen LogP contribution < -0.4 is 10.9 Å². The zero-order chi connectivity index (χ0) is 25.2. The van der Waals surface area contributed by atoms with Crippen LogP contribution in [0.5, 0.6) is 0 Å². The van der Waals surface area contributed by atoms with Gasteiger partial charge in [-0.25, -0.2) is 14.1 Å². The molecule has 1 amide bonds. The van der Waals surface area contributed by atoms with Gasteiger partial charge in [-0.15, -0.1) is 11.3 Å². The summed E-state index contributed by atoms with van der Waals surface area (Å²) >= 11 is 1.32. The summed E-state index contributed by atoms with van der Waals surface area (Å²) in [6, 6.07) is 13.5. The second-order valence-corrected chi connectivity index (χ2v) is 9.22. The highest BCUT2D eigenvalue weighted by molar-refractivity contribution is 7.15. The normalized spacial score (nSPS) is 11.2. The molecular weight excluding hydrogens is 479 g/mol.